The molecular formula is C15H15BrN2O2. The molecular weight excluding hydrogens is 320 g/mol. The topological polar surface area (TPSA) is 44.1 Å². The quantitative estimate of drug-likeness (QED) is 0.865. The normalized spacial score (nSPS) is 13.7. The predicted molar refractivity (Wildman–Crippen MR) is 79.1 cm³/mol. The fourth-order valence-corrected chi connectivity index (χ4v) is 3.03. The smallest absolute Gasteiger partial charge is 0.163 e. The zero-order valence-electron chi connectivity index (χ0n) is 11.4. The van der Waals surface area contributed by atoms with E-state index in [2.05, 4.69) is 21.0 Å². The fraction of sp³-hybridized carbons (Fsp3) is 0.333. The summed E-state index contributed by atoms with van der Waals surface area (Å²) in [6.07, 6.45) is 1.36. The molecule has 0 aliphatic heterocycles. The number of hydrogen-bond donors (Lipinski definition) is 0. The number of nitrogens with zero attached hydrogens (tertiary/aromatic N) is 2. The first-order valence-electron chi connectivity index (χ1n) is 6.54. The van der Waals surface area contributed by atoms with Crippen molar-refractivity contribution in [3.63, 3.8) is 0 Å². The largest absolute Gasteiger partial charge is 0.487 e. The van der Waals surface area contributed by atoms with E-state index in [9.17, 15) is 4.79 Å². The molecule has 3 rings (SSSR count). The van der Waals surface area contributed by atoms with Crippen LogP contribution >= 0.6 is 15.9 Å². The van der Waals surface area contributed by atoms with Gasteiger partial charge in [0.25, 0.3) is 0 Å². The average molecular weight is 335 g/mol. The molecule has 0 fully saturated rings. The molecule has 1 aliphatic rings. The molecule has 0 bridgehead atoms. The Hall–Kier alpha value is -1.62. The highest BCUT2D eigenvalue weighted by atomic mass is 79.9. The first kappa shape index (κ1) is 13.4. The van der Waals surface area contributed by atoms with Crippen LogP contribution in [0.1, 0.15) is 33.7 Å². The van der Waals surface area contributed by atoms with E-state index in [1.54, 1.807) is 0 Å². The van der Waals surface area contributed by atoms with E-state index in [0.717, 1.165) is 39.2 Å². The van der Waals surface area contributed by atoms with Crippen molar-refractivity contribution in [2.45, 2.75) is 26.4 Å². The lowest BCUT2D eigenvalue weighted by Crippen LogP contribution is -2.05. The van der Waals surface area contributed by atoms with Crippen LogP contribution in [0.15, 0.2) is 22.7 Å². The maximum atomic E-state index is 11.7. The number of carbonyl (C=O) groups excluding carboxylic acids is 1. The second kappa shape index (κ2) is 5.05. The second-order valence-electron chi connectivity index (χ2n) is 4.96. The van der Waals surface area contributed by atoms with Gasteiger partial charge in [0.15, 0.2) is 5.78 Å². The number of aryl methyl sites for hydroxylation is 2. The number of Topliss-reactive ketones (excluding diaryl/α,β-unsaturated/α-hetero) is 1. The van der Waals surface area contributed by atoms with Crippen LogP contribution in [-0.2, 0) is 20.1 Å². The number of carbonyl (C=O) groups is 1. The van der Waals surface area contributed by atoms with Gasteiger partial charge in [-0.2, -0.15) is 5.10 Å². The van der Waals surface area contributed by atoms with Gasteiger partial charge >= 0.3 is 0 Å². The molecule has 0 spiro atoms. The summed E-state index contributed by atoms with van der Waals surface area (Å²) >= 11 is 3.53. The van der Waals surface area contributed by atoms with E-state index in [-0.39, 0.29) is 5.78 Å². The second-order valence-corrected chi connectivity index (χ2v) is 5.76. The zero-order valence-corrected chi connectivity index (χ0v) is 13.0. The minimum absolute atomic E-state index is 0.211. The zero-order chi connectivity index (χ0) is 14.3. The van der Waals surface area contributed by atoms with E-state index in [1.807, 2.05) is 36.9 Å². The number of ketones is 1. The van der Waals surface area contributed by atoms with E-state index < -0.39 is 0 Å². The van der Waals surface area contributed by atoms with Crippen molar-refractivity contribution in [1.82, 2.24) is 9.78 Å². The van der Waals surface area contributed by atoms with Crippen molar-refractivity contribution < 1.29 is 9.53 Å². The number of halogens is 1. The highest BCUT2D eigenvalue weighted by Gasteiger charge is 2.23. The molecule has 104 valence electrons. The maximum absolute atomic E-state index is 11.7. The lowest BCUT2D eigenvalue weighted by Gasteiger charge is -2.10. The third-order valence-electron chi connectivity index (χ3n) is 3.66. The minimum atomic E-state index is 0.211. The molecule has 1 aliphatic carbocycles. The van der Waals surface area contributed by atoms with Crippen molar-refractivity contribution in [2.24, 2.45) is 7.05 Å². The van der Waals surface area contributed by atoms with Crippen LogP contribution in [-0.4, -0.2) is 15.6 Å². The Bertz CT molecular complexity index is 691. The van der Waals surface area contributed by atoms with E-state index >= 15 is 0 Å². The third kappa shape index (κ3) is 2.16. The van der Waals surface area contributed by atoms with E-state index in [4.69, 9.17) is 4.74 Å². The first-order chi connectivity index (χ1) is 9.58. The van der Waals surface area contributed by atoms with Crippen molar-refractivity contribution >= 4 is 21.7 Å². The molecule has 0 radical (unpaired) electrons. The Morgan fingerprint density at radius 3 is 2.90 bits per heavy atom. The van der Waals surface area contributed by atoms with Crippen molar-refractivity contribution in [2.75, 3.05) is 0 Å². The number of fused-ring (bicyclic) bond motifs is 1. The molecule has 5 heteroatoms. The molecule has 2 aromatic rings. The highest BCUT2D eigenvalue weighted by molar-refractivity contribution is 9.10. The van der Waals surface area contributed by atoms with Crippen molar-refractivity contribution in [1.29, 1.82) is 0 Å². The number of aromatic nitrogens is 2. The van der Waals surface area contributed by atoms with Gasteiger partial charge in [-0.1, -0.05) is 12.1 Å². The lowest BCUT2D eigenvalue weighted by atomic mass is 10.1. The Labute approximate surface area is 125 Å². The number of hydrogen-bond acceptors (Lipinski definition) is 3. The van der Waals surface area contributed by atoms with Crippen LogP contribution < -0.4 is 4.74 Å². The molecule has 0 N–H and O–H groups in total. The van der Waals surface area contributed by atoms with Crippen molar-refractivity contribution in [3.8, 4) is 5.75 Å². The Balaban J connectivity index is 1.85. The summed E-state index contributed by atoms with van der Waals surface area (Å²) in [5.74, 6) is 1.02. The molecule has 0 saturated carbocycles. The van der Waals surface area contributed by atoms with Crippen LogP contribution in [0.25, 0.3) is 0 Å². The molecule has 0 amide bonds. The van der Waals surface area contributed by atoms with Crippen LogP contribution in [0.3, 0.4) is 0 Å². The van der Waals surface area contributed by atoms with Crippen LogP contribution in [0, 0.1) is 6.92 Å². The monoisotopic (exact) mass is 334 g/mol. The Kier molecular flexibility index (Phi) is 3.38. The number of benzene rings is 1. The maximum Gasteiger partial charge on any atom is 0.163 e. The fourth-order valence-electron chi connectivity index (χ4n) is 2.58. The van der Waals surface area contributed by atoms with Crippen LogP contribution in [0.4, 0.5) is 0 Å². The average Bonchev–Trinajstić information content (AvgIpc) is 2.91. The first-order valence-corrected chi connectivity index (χ1v) is 7.33. The van der Waals surface area contributed by atoms with Gasteiger partial charge in [0.2, 0.25) is 0 Å². The summed E-state index contributed by atoms with van der Waals surface area (Å²) in [4.78, 5) is 11.7. The Morgan fingerprint density at radius 2 is 2.20 bits per heavy atom. The summed E-state index contributed by atoms with van der Waals surface area (Å²) in [5.41, 5.74) is 3.78. The van der Waals surface area contributed by atoms with Gasteiger partial charge in [0.05, 0.1) is 15.9 Å². The highest BCUT2D eigenvalue weighted by Crippen LogP contribution is 2.31. The molecule has 4 nitrogen and oxygen atoms in total. The van der Waals surface area contributed by atoms with Gasteiger partial charge < -0.3 is 4.74 Å². The summed E-state index contributed by atoms with van der Waals surface area (Å²) in [6, 6.07) is 5.68. The van der Waals surface area contributed by atoms with Gasteiger partial charge in [0, 0.05) is 24.6 Å². The minimum Gasteiger partial charge on any atom is -0.487 e. The van der Waals surface area contributed by atoms with Gasteiger partial charge in [-0.25, -0.2) is 0 Å². The van der Waals surface area contributed by atoms with Gasteiger partial charge in [-0.3, -0.25) is 9.48 Å². The molecule has 1 aromatic heterocycles. The molecule has 1 heterocycles. The van der Waals surface area contributed by atoms with Crippen molar-refractivity contribution in [3.05, 3.63) is 45.2 Å². The lowest BCUT2D eigenvalue weighted by molar-refractivity contribution is 0.0994. The summed E-state index contributed by atoms with van der Waals surface area (Å²) in [5, 5.41) is 4.34. The number of rotatable bonds is 3. The van der Waals surface area contributed by atoms with Crippen LogP contribution in [0.2, 0.25) is 0 Å². The third-order valence-corrected chi connectivity index (χ3v) is 4.69. The predicted octanol–water partition coefficient (Wildman–Crippen LogP) is 3.20. The summed E-state index contributed by atoms with van der Waals surface area (Å²) < 4.78 is 8.70. The molecule has 1 aromatic carbocycles. The summed E-state index contributed by atoms with van der Waals surface area (Å²) in [6.45, 7) is 2.38. The van der Waals surface area contributed by atoms with Gasteiger partial charge in [-0.15, -0.1) is 0 Å². The van der Waals surface area contributed by atoms with E-state index in [0.29, 0.717) is 13.0 Å². The molecule has 0 saturated heterocycles. The molecule has 0 unspecified atom stereocenters. The number of ether oxygens (including phenoxy) is 1. The van der Waals surface area contributed by atoms with Crippen LogP contribution in [0.5, 0.6) is 5.75 Å². The SMILES string of the molecule is Cc1nn(C)c(COc2cccc3c2CCC3=O)c1Br. The van der Waals surface area contributed by atoms with Gasteiger partial charge in [-0.05, 0) is 35.3 Å². The Morgan fingerprint density at radius 1 is 1.40 bits per heavy atom. The molecule has 0 atom stereocenters. The van der Waals surface area contributed by atoms with Gasteiger partial charge in [0.1, 0.15) is 12.4 Å². The van der Waals surface area contributed by atoms with E-state index in [1.165, 1.54) is 0 Å². The standard InChI is InChI=1S/C15H15BrN2O2/c1-9-15(16)12(18(2)17-9)8-20-14-5-3-4-10-11(14)6-7-13(10)19/h3-5H,6-8H2,1-2H3. The molecule has 20 heavy (non-hydrogen) atoms. The summed E-state index contributed by atoms with van der Waals surface area (Å²) in [7, 11) is 1.90.